The highest BCUT2D eigenvalue weighted by Crippen LogP contribution is 2.12. The molecule has 1 rings (SSSR count). The van der Waals surface area contributed by atoms with Gasteiger partial charge < -0.3 is 4.90 Å². The quantitative estimate of drug-likeness (QED) is 0.411. The molecule has 0 saturated heterocycles. The highest BCUT2D eigenvalue weighted by molar-refractivity contribution is 5.97. The van der Waals surface area contributed by atoms with Crippen molar-refractivity contribution < 1.29 is 9.72 Å². The molecule has 0 amide bonds. The van der Waals surface area contributed by atoms with Gasteiger partial charge in [0.05, 0.1) is 11.5 Å². The van der Waals surface area contributed by atoms with E-state index in [1.807, 2.05) is 26.0 Å². The molecule has 0 aliphatic rings. The van der Waals surface area contributed by atoms with E-state index in [0.29, 0.717) is 12.1 Å². The van der Waals surface area contributed by atoms with Gasteiger partial charge in [0.1, 0.15) is 0 Å². The molecule has 0 saturated carbocycles. The average Bonchev–Trinajstić information content (AvgIpc) is 2.38. The fourth-order valence-corrected chi connectivity index (χ4v) is 1.84. The van der Waals surface area contributed by atoms with Crippen molar-refractivity contribution in [2.45, 2.75) is 6.42 Å². The zero-order valence-corrected chi connectivity index (χ0v) is 12.2. The van der Waals surface area contributed by atoms with Crippen LogP contribution < -0.4 is 0 Å². The molecule has 1 aromatic rings. The molecular formula is C14H21N3O3. The first-order valence-corrected chi connectivity index (χ1v) is 6.51. The minimum absolute atomic E-state index is 0.000822. The smallest absolute Gasteiger partial charge is 0.269 e. The first-order chi connectivity index (χ1) is 9.40. The van der Waals surface area contributed by atoms with Crippen LogP contribution in [0.1, 0.15) is 16.8 Å². The number of carbonyl (C=O) groups excluding carboxylic acids is 1. The number of carbonyl (C=O) groups is 1. The van der Waals surface area contributed by atoms with E-state index in [-0.39, 0.29) is 11.5 Å². The minimum Gasteiger partial charge on any atom is -0.309 e. The van der Waals surface area contributed by atoms with Crippen LogP contribution in [0.25, 0.3) is 0 Å². The second kappa shape index (κ2) is 7.72. The van der Waals surface area contributed by atoms with Gasteiger partial charge in [-0.05, 0) is 52.8 Å². The molecule has 1 aromatic carbocycles. The van der Waals surface area contributed by atoms with Crippen molar-refractivity contribution in [3.8, 4) is 0 Å². The van der Waals surface area contributed by atoms with Gasteiger partial charge in [-0.1, -0.05) is 0 Å². The summed E-state index contributed by atoms with van der Waals surface area (Å²) in [4.78, 5) is 26.2. The minimum atomic E-state index is -0.471. The van der Waals surface area contributed by atoms with Crippen molar-refractivity contribution in [1.29, 1.82) is 0 Å². The van der Waals surface area contributed by atoms with E-state index in [0.717, 1.165) is 19.5 Å². The molecule has 6 nitrogen and oxygen atoms in total. The lowest BCUT2D eigenvalue weighted by molar-refractivity contribution is -0.384. The Morgan fingerprint density at radius 3 is 2.25 bits per heavy atom. The number of non-ortho nitro benzene ring substituents is 1. The van der Waals surface area contributed by atoms with E-state index >= 15 is 0 Å². The van der Waals surface area contributed by atoms with E-state index in [1.165, 1.54) is 24.3 Å². The Morgan fingerprint density at radius 2 is 1.75 bits per heavy atom. The van der Waals surface area contributed by atoms with Crippen molar-refractivity contribution in [3.05, 3.63) is 39.9 Å². The molecule has 0 aliphatic heterocycles. The lowest BCUT2D eigenvalue weighted by Gasteiger charge is -2.17. The van der Waals surface area contributed by atoms with E-state index in [9.17, 15) is 14.9 Å². The molecule has 6 heteroatoms. The summed E-state index contributed by atoms with van der Waals surface area (Å²) in [6.45, 7) is 2.15. The molecule has 0 atom stereocenters. The number of nitrogens with zero attached hydrogens (tertiary/aromatic N) is 3. The number of ketones is 1. The number of hydrogen-bond acceptors (Lipinski definition) is 5. The third-order valence-electron chi connectivity index (χ3n) is 2.96. The Hall–Kier alpha value is -1.79. The summed E-state index contributed by atoms with van der Waals surface area (Å²) in [6, 6.07) is 5.74. The first-order valence-electron chi connectivity index (χ1n) is 6.51. The molecule has 110 valence electrons. The van der Waals surface area contributed by atoms with Crippen LogP contribution in [0, 0.1) is 10.1 Å². The lowest BCUT2D eigenvalue weighted by Crippen LogP contribution is -2.29. The Bertz CT molecular complexity index is 457. The molecular weight excluding hydrogens is 258 g/mol. The Kier molecular flexibility index (Phi) is 6.27. The summed E-state index contributed by atoms with van der Waals surface area (Å²) < 4.78 is 0. The SMILES string of the molecule is CN(C)CCCN(C)CC(=O)c1ccc([N+](=O)[O-])cc1. The standard InChI is InChI=1S/C14H21N3O3/c1-15(2)9-4-10-16(3)11-14(18)12-5-7-13(8-6-12)17(19)20/h5-8H,4,9-11H2,1-3H3. The van der Waals surface area contributed by atoms with Crippen LogP contribution in [-0.2, 0) is 0 Å². The van der Waals surface area contributed by atoms with Gasteiger partial charge in [0.15, 0.2) is 5.78 Å². The van der Waals surface area contributed by atoms with Crippen LogP contribution in [0.3, 0.4) is 0 Å². The van der Waals surface area contributed by atoms with Gasteiger partial charge in [0, 0.05) is 17.7 Å². The van der Waals surface area contributed by atoms with Gasteiger partial charge in [0.2, 0.25) is 0 Å². The van der Waals surface area contributed by atoms with Crippen molar-refractivity contribution in [1.82, 2.24) is 9.80 Å². The number of rotatable bonds is 8. The van der Waals surface area contributed by atoms with E-state index in [4.69, 9.17) is 0 Å². The molecule has 0 fully saturated rings. The summed E-state index contributed by atoms with van der Waals surface area (Å²) in [7, 11) is 5.93. The van der Waals surface area contributed by atoms with Gasteiger partial charge in [-0.15, -0.1) is 0 Å². The van der Waals surface area contributed by atoms with Crippen LogP contribution in [-0.4, -0.2) is 61.3 Å². The predicted molar refractivity (Wildman–Crippen MR) is 78.1 cm³/mol. The van der Waals surface area contributed by atoms with Crippen molar-refractivity contribution in [2.24, 2.45) is 0 Å². The fraction of sp³-hybridized carbons (Fsp3) is 0.500. The molecule has 0 radical (unpaired) electrons. The summed E-state index contributed by atoms with van der Waals surface area (Å²) in [6.07, 6.45) is 0.997. The van der Waals surface area contributed by atoms with Crippen LogP contribution in [0.5, 0.6) is 0 Å². The normalized spacial score (nSPS) is 11.1. The third kappa shape index (κ3) is 5.46. The highest BCUT2D eigenvalue weighted by Gasteiger charge is 2.11. The van der Waals surface area contributed by atoms with Crippen LogP contribution in [0.4, 0.5) is 5.69 Å². The van der Waals surface area contributed by atoms with E-state index < -0.39 is 4.92 Å². The summed E-state index contributed by atoms with van der Waals surface area (Å²) in [5.74, 6) is -0.0211. The highest BCUT2D eigenvalue weighted by atomic mass is 16.6. The van der Waals surface area contributed by atoms with E-state index in [2.05, 4.69) is 4.90 Å². The maximum absolute atomic E-state index is 12.0. The number of nitro benzene ring substituents is 1. The second-order valence-corrected chi connectivity index (χ2v) is 5.12. The van der Waals surface area contributed by atoms with Gasteiger partial charge in [0.25, 0.3) is 5.69 Å². The maximum Gasteiger partial charge on any atom is 0.269 e. The lowest BCUT2D eigenvalue weighted by atomic mass is 10.1. The monoisotopic (exact) mass is 279 g/mol. The first kappa shape index (κ1) is 16.3. The topological polar surface area (TPSA) is 66.7 Å². The fourth-order valence-electron chi connectivity index (χ4n) is 1.84. The molecule has 0 aliphatic carbocycles. The van der Waals surface area contributed by atoms with Crippen LogP contribution in [0.15, 0.2) is 24.3 Å². The molecule has 20 heavy (non-hydrogen) atoms. The summed E-state index contributed by atoms with van der Waals surface area (Å²) >= 11 is 0. The average molecular weight is 279 g/mol. The zero-order valence-electron chi connectivity index (χ0n) is 12.2. The molecule has 0 N–H and O–H groups in total. The van der Waals surface area contributed by atoms with Gasteiger partial charge >= 0.3 is 0 Å². The van der Waals surface area contributed by atoms with Crippen LogP contribution in [0.2, 0.25) is 0 Å². The Morgan fingerprint density at radius 1 is 1.15 bits per heavy atom. The number of likely N-dealkylation sites (N-methyl/N-ethyl adjacent to an activating group) is 1. The summed E-state index contributed by atoms with van der Waals surface area (Å²) in [5.41, 5.74) is 0.510. The van der Waals surface area contributed by atoms with Gasteiger partial charge in [-0.2, -0.15) is 0 Å². The molecule has 0 bridgehead atoms. The molecule has 0 spiro atoms. The molecule has 0 aromatic heterocycles. The zero-order chi connectivity index (χ0) is 15.1. The van der Waals surface area contributed by atoms with Crippen molar-refractivity contribution >= 4 is 11.5 Å². The molecule has 0 unspecified atom stereocenters. The largest absolute Gasteiger partial charge is 0.309 e. The second-order valence-electron chi connectivity index (χ2n) is 5.12. The van der Waals surface area contributed by atoms with Crippen molar-refractivity contribution in [3.63, 3.8) is 0 Å². The number of Topliss-reactive ketones (excluding diaryl/α,β-unsaturated/α-hetero) is 1. The van der Waals surface area contributed by atoms with Gasteiger partial charge in [-0.25, -0.2) is 0 Å². The number of hydrogen-bond donors (Lipinski definition) is 0. The van der Waals surface area contributed by atoms with Crippen molar-refractivity contribution in [2.75, 3.05) is 40.8 Å². The third-order valence-corrected chi connectivity index (χ3v) is 2.96. The van der Waals surface area contributed by atoms with Gasteiger partial charge in [-0.3, -0.25) is 19.8 Å². The van der Waals surface area contributed by atoms with Crippen LogP contribution >= 0.6 is 0 Å². The summed E-state index contributed by atoms with van der Waals surface area (Å²) in [5, 5.41) is 10.5. The number of benzene rings is 1. The predicted octanol–water partition coefficient (Wildman–Crippen LogP) is 1.66. The maximum atomic E-state index is 12.0. The van der Waals surface area contributed by atoms with E-state index in [1.54, 1.807) is 0 Å². The Balaban J connectivity index is 2.47. The Labute approximate surface area is 119 Å². The number of nitro groups is 1. The molecule has 0 heterocycles.